The van der Waals surface area contributed by atoms with E-state index >= 15 is 0 Å². The van der Waals surface area contributed by atoms with Gasteiger partial charge in [-0.2, -0.15) is 0 Å². The molecule has 1 aliphatic rings. The number of hydrogen-bond acceptors (Lipinski definition) is 1. The molecule has 34 valence electrons. The van der Waals surface area contributed by atoms with Crippen LogP contribution >= 0.6 is 0 Å². The third-order valence-corrected chi connectivity index (χ3v) is 1.30. The van der Waals surface area contributed by atoms with Crippen LogP contribution in [0.2, 0.25) is 0 Å². The van der Waals surface area contributed by atoms with E-state index in [1.165, 1.54) is 5.57 Å². The molecule has 0 spiro atoms. The van der Waals surface area contributed by atoms with Crippen molar-refractivity contribution >= 4 is 0 Å². The zero-order valence-corrected chi connectivity index (χ0v) is 3.78. The molecular weight excluding hydrogens is 74.1 g/mol. The van der Waals surface area contributed by atoms with E-state index in [0.717, 1.165) is 12.8 Å². The van der Waals surface area contributed by atoms with Crippen LogP contribution in [0.4, 0.5) is 0 Å². The molecule has 0 unspecified atom stereocenters. The Kier molecular flexibility index (Phi) is 0.701. The summed E-state index contributed by atoms with van der Waals surface area (Å²) in [6, 6.07) is 0.338. The molecule has 1 rings (SSSR count). The van der Waals surface area contributed by atoms with Gasteiger partial charge in [-0.1, -0.05) is 12.2 Å². The molecule has 6 heavy (non-hydrogen) atoms. The van der Waals surface area contributed by atoms with Crippen LogP contribution in [-0.4, -0.2) is 6.04 Å². The van der Waals surface area contributed by atoms with Gasteiger partial charge in [0.15, 0.2) is 0 Å². The normalized spacial score (nSPS) is 32.8. The summed E-state index contributed by atoms with van der Waals surface area (Å²) in [5.41, 5.74) is 6.64. The largest absolute Gasteiger partial charge is 0.324 e. The number of hydrogen-bond donors (Lipinski definition) is 1. The second-order valence-corrected chi connectivity index (χ2v) is 1.80. The fourth-order valence-electron chi connectivity index (χ4n) is 0.515. The lowest BCUT2D eigenvalue weighted by atomic mass is 9.89. The summed E-state index contributed by atoms with van der Waals surface area (Å²) < 4.78 is 0. The summed E-state index contributed by atoms with van der Waals surface area (Å²) in [5.74, 6) is 0. The number of nitrogens with two attached hydrogens (primary N) is 1. The van der Waals surface area contributed by atoms with Gasteiger partial charge in [0.25, 0.3) is 0 Å². The van der Waals surface area contributed by atoms with Gasteiger partial charge in [0.05, 0.1) is 0 Å². The summed E-state index contributed by atoms with van der Waals surface area (Å²) in [6.07, 6.45) is 2.31. The smallest absolute Gasteiger partial charge is 0.0253 e. The van der Waals surface area contributed by atoms with Crippen molar-refractivity contribution in [3.63, 3.8) is 0 Å². The molecular formula is C5H9N. The van der Waals surface area contributed by atoms with Gasteiger partial charge >= 0.3 is 0 Å². The highest BCUT2D eigenvalue weighted by Crippen LogP contribution is 2.21. The highest BCUT2D eigenvalue weighted by atomic mass is 14.7. The van der Waals surface area contributed by atoms with Crippen LogP contribution in [0.5, 0.6) is 0 Å². The summed E-state index contributed by atoms with van der Waals surface area (Å²) in [6.45, 7) is 3.72. The van der Waals surface area contributed by atoms with Crippen molar-refractivity contribution in [3.8, 4) is 0 Å². The molecule has 0 aromatic carbocycles. The molecule has 0 aromatic heterocycles. The van der Waals surface area contributed by atoms with Crippen LogP contribution in [0.3, 0.4) is 0 Å². The molecule has 0 radical (unpaired) electrons. The van der Waals surface area contributed by atoms with Crippen LogP contribution < -0.4 is 5.73 Å². The molecule has 1 fully saturated rings. The van der Waals surface area contributed by atoms with Crippen molar-refractivity contribution < 1.29 is 0 Å². The lowest BCUT2D eigenvalue weighted by Gasteiger charge is -2.23. The maximum absolute atomic E-state index is 5.42. The maximum Gasteiger partial charge on any atom is 0.0253 e. The molecule has 1 nitrogen and oxygen atoms in total. The Morgan fingerprint density at radius 3 is 2.33 bits per heavy atom. The molecule has 1 atom stereocenters. The van der Waals surface area contributed by atoms with Crippen molar-refractivity contribution in [2.24, 2.45) is 5.73 Å². The van der Waals surface area contributed by atoms with E-state index in [-0.39, 0.29) is 0 Å². The first-order valence-electron chi connectivity index (χ1n) is 2.24. The summed E-state index contributed by atoms with van der Waals surface area (Å²) >= 11 is 0. The van der Waals surface area contributed by atoms with Gasteiger partial charge in [-0.15, -0.1) is 0 Å². The molecule has 0 heterocycles. The Morgan fingerprint density at radius 2 is 2.33 bits per heavy atom. The van der Waals surface area contributed by atoms with Crippen LogP contribution in [0.25, 0.3) is 0 Å². The van der Waals surface area contributed by atoms with Gasteiger partial charge in [-0.3, -0.25) is 0 Å². The van der Waals surface area contributed by atoms with E-state index in [1.54, 1.807) is 0 Å². The second-order valence-electron chi connectivity index (χ2n) is 1.80. The highest BCUT2D eigenvalue weighted by Gasteiger charge is 2.15. The van der Waals surface area contributed by atoms with E-state index in [9.17, 15) is 0 Å². The van der Waals surface area contributed by atoms with Crippen molar-refractivity contribution in [2.75, 3.05) is 0 Å². The lowest BCUT2D eigenvalue weighted by molar-refractivity contribution is 0.560. The molecule has 0 aromatic rings. The Hall–Kier alpha value is -0.300. The van der Waals surface area contributed by atoms with E-state index < -0.39 is 0 Å². The minimum Gasteiger partial charge on any atom is -0.324 e. The van der Waals surface area contributed by atoms with Crippen LogP contribution in [0.15, 0.2) is 12.2 Å². The van der Waals surface area contributed by atoms with Gasteiger partial charge in [0.2, 0.25) is 0 Å². The predicted octanol–water partition coefficient (Wildman–Crippen LogP) is 0.664. The average molecular weight is 83.1 g/mol. The number of rotatable bonds is 0. The molecule has 1 aliphatic carbocycles. The van der Waals surface area contributed by atoms with E-state index in [2.05, 4.69) is 6.58 Å². The molecule has 0 saturated heterocycles. The standard InChI is InChI=1S/C5H9N/c1-4-2-3-5(4)6/h5H,1-3,6H2/t5-/m1/s1. The first kappa shape index (κ1) is 3.88. The maximum atomic E-state index is 5.42. The summed E-state index contributed by atoms with van der Waals surface area (Å²) in [4.78, 5) is 0. The van der Waals surface area contributed by atoms with E-state index in [4.69, 9.17) is 5.73 Å². The first-order valence-corrected chi connectivity index (χ1v) is 2.24. The third-order valence-electron chi connectivity index (χ3n) is 1.30. The van der Waals surface area contributed by atoms with Crippen molar-refractivity contribution in [1.29, 1.82) is 0 Å². The minimum absolute atomic E-state index is 0.338. The van der Waals surface area contributed by atoms with Gasteiger partial charge in [-0.05, 0) is 12.8 Å². The second kappa shape index (κ2) is 1.09. The summed E-state index contributed by atoms with van der Waals surface area (Å²) in [7, 11) is 0. The molecule has 2 N–H and O–H groups in total. The highest BCUT2D eigenvalue weighted by molar-refractivity contribution is 5.13. The lowest BCUT2D eigenvalue weighted by Crippen LogP contribution is -2.30. The molecule has 1 saturated carbocycles. The monoisotopic (exact) mass is 83.1 g/mol. The fourth-order valence-corrected chi connectivity index (χ4v) is 0.515. The van der Waals surface area contributed by atoms with Crippen LogP contribution in [0.1, 0.15) is 12.8 Å². The van der Waals surface area contributed by atoms with Gasteiger partial charge in [-0.25, -0.2) is 0 Å². The zero-order valence-electron chi connectivity index (χ0n) is 3.78. The first-order chi connectivity index (χ1) is 2.80. The van der Waals surface area contributed by atoms with Crippen molar-refractivity contribution in [2.45, 2.75) is 18.9 Å². The summed E-state index contributed by atoms with van der Waals surface area (Å²) in [5, 5.41) is 0. The Morgan fingerprint density at radius 1 is 1.83 bits per heavy atom. The Balaban J connectivity index is 2.39. The van der Waals surface area contributed by atoms with Gasteiger partial charge in [0.1, 0.15) is 0 Å². The molecule has 0 aliphatic heterocycles. The zero-order chi connectivity index (χ0) is 4.57. The molecule has 0 bridgehead atoms. The minimum atomic E-state index is 0.338. The van der Waals surface area contributed by atoms with E-state index in [1.807, 2.05) is 0 Å². The Labute approximate surface area is 37.8 Å². The van der Waals surface area contributed by atoms with Crippen LogP contribution in [0, 0.1) is 0 Å². The quantitative estimate of drug-likeness (QED) is 0.428. The van der Waals surface area contributed by atoms with Crippen LogP contribution in [-0.2, 0) is 0 Å². The average Bonchev–Trinajstić information content (AvgIpc) is 1.61. The Bertz CT molecular complexity index is 76.0. The van der Waals surface area contributed by atoms with Crippen molar-refractivity contribution in [1.82, 2.24) is 0 Å². The SMILES string of the molecule is C=C1CC[C@H]1N. The topological polar surface area (TPSA) is 26.0 Å². The fraction of sp³-hybridized carbons (Fsp3) is 0.600. The van der Waals surface area contributed by atoms with Gasteiger partial charge < -0.3 is 5.73 Å². The molecule has 0 amide bonds. The van der Waals surface area contributed by atoms with E-state index in [0.29, 0.717) is 6.04 Å². The van der Waals surface area contributed by atoms with Crippen molar-refractivity contribution in [3.05, 3.63) is 12.2 Å². The third kappa shape index (κ3) is 0.356. The molecule has 1 heteroatoms. The predicted molar refractivity (Wildman–Crippen MR) is 26.3 cm³/mol. The van der Waals surface area contributed by atoms with Gasteiger partial charge in [0, 0.05) is 6.04 Å².